The van der Waals surface area contributed by atoms with Crippen molar-refractivity contribution in [1.82, 2.24) is 14.4 Å². The van der Waals surface area contributed by atoms with E-state index < -0.39 is 10.0 Å². The Morgan fingerprint density at radius 3 is 2.26 bits per heavy atom. The fourth-order valence-electron chi connectivity index (χ4n) is 4.25. The molecular formula is C27H20N4O3S. The fraction of sp³-hybridized carbons (Fsp3) is 0.0370. The molecule has 0 unspecified atom stereocenters. The SMILES string of the molecule is COc1ccc(S(=O)(=O)Nc2ccccc2-c2nc3ccccc3c3nc4ccccc4n23)cc1. The van der Waals surface area contributed by atoms with Crippen molar-refractivity contribution in [2.75, 3.05) is 11.8 Å². The lowest BCUT2D eigenvalue weighted by molar-refractivity contribution is 0.414. The van der Waals surface area contributed by atoms with E-state index >= 15 is 0 Å². The number of rotatable bonds is 5. The molecule has 0 aliphatic heterocycles. The van der Waals surface area contributed by atoms with E-state index in [-0.39, 0.29) is 4.90 Å². The number of para-hydroxylation sites is 4. The minimum absolute atomic E-state index is 0.137. The number of anilines is 1. The van der Waals surface area contributed by atoms with Gasteiger partial charge in [0.05, 0.1) is 34.2 Å². The van der Waals surface area contributed by atoms with Gasteiger partial charge in [-0.2, -0.15) is 0 Å². The van der Waals surface area contributed by atoms with Crippen LogP contribution in [0.5, 0.6) is 5.75 Å². The Balaban J connectivity index is 1.57. The van der Waals surface area contributed by atoms with Gasteiger partial charge >= 0.3 is 0 Å². The van der Waals surface area contributed by atoms with E-state index in [0.717, 1.165) is 27.6 Å². The van der Waals surface area contributed by atoms with Crippen LogP contribution in [0.2, 0.25) is 0 Å². The highest BCUT2D eigenvalue weighted by Crippen LogP contribution is 2.34. The highest BCUT2D eigenvalue weighted by Gasteiger charge is 2.20. The van der Waals surface area contributed by atoms with Crippen LogP contribution in [0.15, 0.2) is 102 Å². The quantitative estimate of drug-likeness (QED) is 0.352. The number of ether oxygens (including phenoxy) is 1. The second-order valence-corrected chi connectivity index (χ2v) is 9.72. The number of benzene rings is 4. The van der Waals surface area contributed by atoms with Crippen molar-refractivity contribution in [3.63, 3.8) is 0 Å². The maximum atomic E-state index is 13.2. The van der Waals surface area contributed by atoms with Crippen LogP contribution in [0.4, 0.5) is 5.69 Å². The number of imidazole rings is 1. The highest BCUT2D eigenvalue weighted by molar-refractivity contribution is 7.92. The van der Waals surface area contributed by atoms with Crippen LogP contribution in [0.3, 0.4) is 0 Å². The van der Waals surface area contributed by atoms with Crippen LogP contribution >= 0.6 is 0 Å². The average molecular weight is 481 g/mol. The summed E-state index contributed by atoms with van der Waals surface area (Å²) in [6.07, 6.45) is 0. The van der Waals surface area contributed by atoms with Crippen molar-refractivity contribution in [2.45, 2.75) is 4.90 Å². The number of nitrogens with one attached hydrogen (secondary N) is 1. The molecule has 8 heteroatoms. The minimum atomic E-state index is -3.85. The van der Waals surface area contributed by atoms with Gasteiger partial charge in [0.1, 0.15) is 17.2 Å². The van der Waals surface area contributed by atoms with E-state index in [9.17, 15) is 8.42 Å². The number of hydrogen-bond donors (Lipinski definition) is 1. The molecule has 0 amide bonds. The second kappa shape index (κ2) is 8.11. The summed E-state index contributed by atoms with van der Waals surface area (Å²) in [6, 6.07) is 29.2. The molecule has 4 aromatic carbocycles. The van der Waals surface area contributed by atoms with Crippen LogP contribution in [-0.4, -0.2) is 29.9 Å². The fourth-order valence-corrected chi connectivity index (χ4v) is 5.33. The van der Waals surface area contributed by atoms with Crippen molar-refractivity contribution in [2.24, 2.45) is 0 Å². The minimum Gasteiger partial charge on any atom is -0.497 e. The van der Waals surface area contributed by atoms with Crippen LogP contribution in [0.25, 0.3) is 39.0 Å². The number of methoxy groups -OCH3 is 1. The normalized spacial score (nSPS) is 11.8. The smallest absolute Gasteiger partial charge is 0.261 e. The van der Waals surface area contributed by atoms with Gasteiger partial charge in [-0.05, 0) is 60.7 Å². The van der Waals surface area contributed by atoms with Crippen molar-refractivity contribution >= 4 is 43.3 Å². The Morgan fingerprint density at radius 1 is 0.771 bits per heavy atom. The number of aromatic nitrogens is 3. The van der Waals surface area contributed by atoms with Gasteiger partial charge in [-0.25, -0.2) is 18.4 Å². The summed E-state index contributed by atoms with van der Waals surface area (Å²) >= 11 is 0. The Morgan fingerprint density at radius 2 is 1.46 bits per heavy atom. The lowest BCUT2D eigenvalue weighted by Gasteiger charge is -2.15. The van der Waals surface area contributed by atoms with Crippen molar-refractivity contribution in [3.8, 4) is 17.1 Å². The number of fused-ring (bicyclic) bond motifs is 5. The molecule has 0 aliphatic rings. The zero-order chi connectivity index (χ0) is 24.0. The molecule has 6 rings (SSSR count). The molecule has 7 nitrogen and oxygen atoms in total. The molecule has 0 aliphatic carbocycles. The molecule has 6 aromatic rings. The third kappa shape index (κ3) is 3.55. The molecule has 172 valence electrons. The first-order chi connectivity index (χ1) is 17.0. The van der Waals surface area contributed by atoms with Crippen LogP contribution in [-0.2, 0) is 10.0 Å². The third-order valence-electron chi connectivity index (χ3n) is 5.93. The monoisotopic (exact) mass is 480 g/mol. The molecule has 0 saturated heterocycles. The summed E-state index contributed by atoms with van der Waals surface area (Å²) in [7, 11) is -2.32. The molecule has 0 radical (unpaired) electrons. The van der Waals surface area contributed by atoms with E-state index in [1.165, 1.54) is 19.2 Å². The van der Waals surface area contributed by atoms with Crippen LogP contribution in [0, 0.1) is 0 Å². The van der Waals surface area contributed by atoms with E-state index in [2.05, 4.69) is 4.72 Å². The summed E-state index contributed by atoms with van der Waals surface area (Å²) < 4.78 is 36.3. The van der Waals surface area contributed by atoms with Gasteiger partial charge in [0.15, 0.2) is 0 Å². The first-order valence-corrected chi connectivity index (χ1v) is 12.5. The molecule has 0 fully saturated rings. The van der Waals surface area contributed by atoms with Gasteiger partial charge in [0, 0.05) is 10.9 Å². The first-order valence-electron chi connectivity index (χ1n) is 11.0. The summed E-state index contributed by atoms with van der Waals surface area (Å²) in [5, 5.41) is 0.920. The van der Waals surface area contributed by atoms with Gasteiger partial charge in [-0.1, -0.05) is 36.4 Å². The summed E-state index contributed by atoms with van der Waals surface area (Å²) in [5.74, 6) is 1.18. The Bertz CT molecular complexity index is 1830. The standard InChI is InChI=1S/C27H20N4O3S/c1-34-18-14-16-19(17-15-18)35(32,33)30-23-11-5-3-9-21(23)27-28-22-10-4-2-8-20(22)26-29-24-12-6-7-13-25(24)31(26)27/h2-17,30H,1H3. The molecule has 0 saturated carbocycles. The van der Waals surface area contributed by atoms with Crippen molar-refractivity contribution in [1.29, 1.82) is 0 Å². The largest absolute Gasteiger partial charge is 0.497 e. The predicted molar refractivity (Wildman–Crippen MR) is 137 cm³/mol. The van der Waals surface area contributed by atoms with Gasteiger partial charge < -0.3 is 4.74 Å². The lowest BCUT2D eigenvalue weighted by Crippen LogP contribution is -2.14. The van der Waals surface area contributed by atoms with Gasteiger partial charge in [-0.15, -0.1) is 0 Å². The number of sulfonamides is 1. The third-order valence-corrected chi connectivity index (χ3v) is 7.31. The van der Waals surface area contributed by atoms with Gasteiger partial charge in [0.2, 0.25) is 0 Å². The zero-order valence-corrected chi connectivity index (χ0v) is 19.5. The summed E-state index contributed by atoms with van der Waals surface area (Å²) in [6.45, 7) is 0. The first kappa shape index (κ1) is 21.1. The van der Waals surface area contributed by atoms with E-state index in [1.54, 1.807) is 24.3 Å². The number of nitrogens with zero attached hydrogens (tertiary/aromatic N) is 3. The lowest BCUT2D eigenvalue weighted by atomic mass is 10.1. The summed E-state index contributed by atoms with van der Waals surface area (Å²) in [4.78, 5) is 9.96. The van der Waals surface area contributed by atoms with Crippen molar-refractivity contribution in [3.05, 3.63) is 97.1 Å². The Labute approximate surface area is 201 Å². The van der Waals surface area contributed by atoms with E-state index in [0.29, 0.717) is 22.8 Å². The van der Waals surface area contributed by atoms with Crippen LogP contribution < -0.4 is 9.46 Å². The summed E-state index contributed by atoms with van der Waals surface area (Å²) in [5.41, 5.74) is 4.33. The Kier molecular flexibility index (Phi) is 4.89. The zero-order valence-electron chi connectivity index (χ0n) is 18.7. The average Bonchev–Trinajstić information content (AvgIpc) is 3.28. The van der Waals surface area contributed by atoms with E-state index in [4.69, 9.17) is 14.7 Å². The van der Waals surface area contributed by atoms with Gasteiger partial charge in [0.25, 0.3) is 10.0 Å². The van der Waals surface area contributed by atoms with Crippen LogP contribution in [0.1, 0.15) is 0 Å². The maximum absolute atomic E-state index is 13.2. The van der Waals surface area contributed by atoms with E-state index in [1.807, 2.05) is 65.1 Å². The highest BCUT2D eigenvalue weighted by atomic mass is 32.2. The molecule has 2 aromatic heterocycles. The molecule has 0 atom stereocenters. The second-order valence-electron chi connectivity index (χ2n) is 8.04. The molecule has 35 heavy (non-hydrogen) atoms. The molecular weight excluding hydrogens is 460 g/mol. The maximum Gasteiger partial charge on any atom is 0.261 e. The number of hydrogen-bond acceptors (Lipinski definition) is 5. The molecule has 0 spiro atoms. The molecule has 2 heterocycles. The molecule has 0 bridgehead atoms. The predicted octanol–water partition coefficient (Wildman–Crippen LogP) is 5.51. The van der Waals surface area contributed by atoms with Crippen molar-refractivity contribution < 1.29 is 13.2 Å². The van der Waals surface area contributed by atoms with Gasteiger partial charge in [-0.3, -0.25) is 9.12 Å². The molecule has 1 N–H and O–H groups in total. The topological polar surface area (TPSA) is 85.6 Å². The Hall–Kier alpha value is -4.43.